The molecule has 1 aliphatic rings. The van der Waals surface area contributed by atoms with E-state index in [2.05, 4.69) is 16.3 Å². The zero-order valence-corrected chi connectivity index (χ0v) is 11.9. The molecule has 0 bridgehead atoms. The highest BCUT2D eigenvalue weighted by atomic mass is 19.1. The molecule has 2 aromatic carbocycles. The molecule has 0 radical (unpaired) electrons. The van der Waals surface area contributed by atoms with E-state index in [0.717, 1.165) is 37.5 Å². The van der Waals surface area contributed by atoms with Gasteiger partial charge in [-0.2, -0.15) is 0 Å². The molecular formula is C17H19FN2O. The molecule has 0 amide bonds. The number of anilines is 1. The Labute approximate surface area is 124 Å². The predicted octanol–water partition coefficient (Wildman–Crippen LogP) is 2.81. The minimum absolute atomic E-state index is 0.231. The van der Waals surface area contributed by atoms with Crippen molar-refractivity contribution in [2.75, 3.05) is 31.1 Å². The first-order valence-corrected chi connectivity index (χ1v) is 7.24. The topological polar surface area (TPSA) is 24.5 Å². The van der Waals surface area contributed by atoms with Crippen LogP contribution in [0.15, 0.2) is 48.5 Å². The van der Waals surface area contributed by atoms with Crippen molar-refractivity contribution in [3.05, 3.63) is 59.9 Å². The van der Waals surface area contributed by atoms with Gasteiger partial charge in [-0.15, -0.1) is 0 Å². The lowest BCUT2D eigenvalue weighted by Gasteiger charge is -2.29. The van der Waals surface area contributed by atoms with Crippen LogP contribution in [0.1, 0.15) is 5.56 Å². The van der Waals surface area contributed by atoms with E-state index in [-0.39, 0.29) is 5.82 Å². The summed E-state index contributed by atoms with van der Waals surface area (Å²) in [5.41, 5.74) is 2.01. The zero-order chi connectivity index (χ0) is 14.5. The van der Waals surface area contributed by atoms with E-state index in [9.17, 15) is 4.39 Å². The fraction of sp³-hybridized carbons (Fsp3) is 0.294. The van der Waals surface area contributed by atoms with Crippen molar-refractivity contribution in [1.82, 2.24) is 5.32 Å². The van der Waals surface area contributed by atoms with Crippen LogP contribution in [0.3, 0.4) is 0 Å². The van der Waals surface area contributed by atoms with Crippen LogP contribution >= 0.6 is 0 Å². The Bertz CT molecular complexity index is 597. The predicted molar refractivity (Wildman–Crippen MR) is 82.3 cm³/mol. The Morgan fingerprint density at radius 1 is 1.05 bits per heavy atom. The first-order chi connectivity index (χ1) is 10.3. The molecule has 0 atom stereocenters. The van der Waals surface area contributed by atoms with Gasteiger partial charge in [0.05, 0.1) is 0 Å². The SMILES string of the molecule is Fc1cccc(COc2cccc(N3CCNCC3)c2)c1. The molecule has 110 valence electrons. The van der Waals surface area contributed by atoms with Crippen molar-refractivity contribution in [2.24, 2.45) is 0 Å². The first kappa shape index (κ1) is 13.9. The van der Waals surface area contributed by atoms with E-state index in [4.69, 9.17) is 4.74 Å². The van der Waals surface area contributed by atoms with Crippen molar-refractivity contribution in [3.8, 4) is 5.75 Å². The number of nitrogens with one attached hydrogen (secondary N) is 1. The van der Waals surface area contributed by atoms with Crippen LogP contribution in [-0.4, -0.2) is 26.2 Å². The van der Waals surface area contributed by atoms with E-state index >= 15 is 0 Å². The summed E-state index contributed by atoms with van der Waals surface area (Å²) >= 11 is 0. The summed E-state index contributed by atoms with van der Waals surface area (Å²) in [5.74, 6) is 0.584. The molecule has 1 N–H and O–H groups in total. The van der Waals surface area contributed by atoms with Crippen LogP contribution in [0.5, 0.6) is 5.75 Å². The van der Waals surface area contributed by atoms with Gasteiger partial charge in [-0.3, -0.25) is 0 Å². The molecule has 4 heteroatoms. The van der Waals surface area contributed by atoms with Gasteiger partial charge in [0.1, 0.15) is 18.2 Å². The Hall–Kier alpha value is -2.07. The van der Waals surface area contributed by atoms with E-state index < -0.39 is 0 Å². The fourth-order valence-corrected chi connectivity index (χ4v) is 2.49. The van der Waals surface area contributed by atoms with Crippen LogP contribution in [0.4, 0.5) is 10.1 Å². The molecule has 2 aromatic rings. The number of rotatable bonds is 4. The summed E-state index contributed by atoms with van der Waals surface area (Å²) in [5, 5.41) is 3.34. The number of piperazine rings is 1. The number of nitrogens with zero attached hydrogens (tertiary/aromatic N) is 1. The molecule has 0 spiro atoms. The van der Waals surface area contributed by atoms with Gasteiger partial charge in [-0.05, 0) is 29.8 Å². The Morgan fingerprint density at radius 2 is 1.86 bits per heavy atom. The quantitative estimate of drug-likeness (QED) is 0.935. The lowest BCUT2D eigenvalue weighted by Crippen LogP contribution is -2.43. The average Bonchev–Trinajstić information content (AvgIpc) is 2.54. The molecule has 0 aromatic heterocycles. The number of halogens is 1. The third-order valence-corrected chi connectivity index (χ3v) is 3.59. The number of hydrogen-bond acceptors (Lipinski definition) is 3. The molecular weight excluding hydrogens is 267 g/mol. The van der Waals surface area contributed by atoms with Crippen LogP contribution < -0.4 is 15.0 Å². The molecule has 0 aliphatic carbocycles. The normalized spacial score (nSPS) is 15.0. The third-order valence-electron chi connectivity index (χ3n) is 3.59. The summed E-state index contributed by atoms with van der Waals surface area (Å²) in [6.07, 6.45) is 0. The van der Waals surface area contributed by atoms with E-state index in [1.165, 1.54) is 17.8 Å². The van der Waals surface area contributed by atoms with Gasteiger partial charge >= 0.3 is 0 Å². The van der Waals surface area contributed by atoms with Crippen LogP contribution in [0, 0.1) is 5.82 Å². The Kier molecular flexibility index (Phi) is 4.36. The van der Waals surface area contributed by atoms with E-state index in [1.54, 1.807) is 6.07 Å². The number of ether oxygens (including phenoxy) is 1. The minimum Gasteiger partial charge on any atom is -0.489 e. The lowest BCUT2D eigenvalue weighted by molar-refractivity contribution is 0.305. The second-order valence-electron chi connectivity index (χ2n) is 5.15. The van der Waals surface area contributed by atoms with E-state index in [0.29, 0.717) is 6.61 Å². The molecule has 0 unspecified atom stereocenters. The maximum Gasteiger partial charge on any atom is 0.123 e. The van der Waals surface area contributed by atoms with Crippen molar-refractivity contribution in [3.63, 3.8) is 0 Å². The van der Waals surface area contributed by atoms with Crippen LogP contribution in [0.2, 0.25) is 0 Å². The molecule has 21 heavy (non-hydrogen) atoms. The van der Waals surface area contributed by atoms with Gasteiger partial charge < -0.3 is 15.0 Å². The monoisotopic (exact) mass is 286 g/mol. The minimum atomic E-state index is -0.231. The van der Waals surface area contributed by atoms with Crippen LogP contribution in [0.25, 0.3) is 0 Å². The largest absolute Gasteiger partial charge is 0.489 e. The smallest absolute Gasteiger partial charge is 0.123 e. The van der Waals surface area contributed by atoms with Crippen molar-refractivity contribution in [1.29, 1.82) is 0 Å². The molecule has 3 nitrogen and oxygen atoms in total. The molecule has 1 saturated heterocycles. The number of benzene rings is 2. The maximum atomic E-state index is 13.1. The van der Waals surface area contributed by atoms with Crippen LogP contribution in [-0.2, 0) is 6.61 Å². The number of hydrogen-bond donors (Lipinski definition) is 1. The first-order valence-electron chi connectivity index (χ1n) is 7.24. The van der Waals surface area contributed by atoms with Gasteiger partial charge in [0.15, 0.2) is 0 Å². The molecule has 1 fully saturated rings. The highest BCUT2D eigenvalue weighted by molar-refractivity contribution is 5.51. The van der Waals surface area contributed by atoms with Gasteiger partial charge in [0.25, 0.3) is 0 Å². The van der Waals surface area contributed by atoms with Gasteiger partial charge in [-0.25, -0.2) is 4.39 Å². The van der Waals surface area contributed by atoms with E-state index in [1.807, 2.05) is 24.3 Å². The van der Waals surface area contributed by atoms with Crippen molar-refractivity contribution in [2.45, 2.75) is 6.61 Å². The highest BCUT2D eigenvalue weighted by Crippen LogP contribution is 2.22. The van der Waals surface area contributed by atoms with Gasteiger partial charge in [0.2, 0.25) is 0 Å². The summed E-state index contributed by atoms with van der Waals surface area (Å²) in [4.78, 5) is 2.34. The molecule has 1 heterocycles. The molecule has 1 aliphatic heterocycles. The lowest BCUT2D eigenvalue weighted by atomic mass is 10.2. The van der Waals surface area contributed by atoms with Gasteiger partial charge in [-0.1, -0.05) is 18.2 Å². The Balaban J connectivity index is 1.65. The Morgan fingerprint density at radius 3 is 2.67 bits per heavy atom. The van der Waals surface area contributed by atoms with Crippen molar-refractivity contribution >= 4 is 5.69 Å². The highest BCUT2D eigenvalue weighted by Gasteiger charge is 2.10. The second kappa shape index (κ2) is 6.59. The third kappa shape index (κ3) is 3.73. The fourth-order valence-electron chi connectivity index (χ4n) is 2.49. The molecule has 3 rings (SSSR count). The standard InChI is InChI=1S/C17H19FN2O/c18-15-4-1-3-14(11-15)13-21-17-6-2-5-16(12-17)20-9-7-19-8-10-20/h1-6,11-12,19H,7-10,13H2. The zero-order valence-electron chi connectivity index (χ0n) is 11.9. The average molecular weight is 286 g/mol. The summed E-state index contributed by atoms with van der Waals surface area (Å²) in [7, 11) is 0. The second-order valence-corrected chi connectivity index (χ2v) is 5.15. The van der Waals surface area contributed by atoms with Gasteiger partial charge in [0, 0.05) is 37.9 Å². The summed E-state index contributed by atoms with van der Waals surface area (Å²) < 4.78 is 18.9. The summed E-state index contributed by atoms with van der Waals surface area (Å²) in [6, 6.07) is 14.6. The summed E-state index contributed by atoms with van der Waals surface area (Å²) in [6.45, 7) is 4.41. The van der Waals surface area contributed by atoms with Crippen molar-refractivity contribution < 1.29 is 9.13 Å². The molecule has 0 saturated carbocycles. The maximum absolute atomic E-state index is 13.1.